The highest BCUT2D eigenvalue weighted by molar-refractivity contribution is 7.86. The molecule has 1 atom stereocenters. The maximum absolute atomic E-state index is 13.5. The first-order chi connectivity index (χ1) is 15.6. The molecule has 4 rings (SSSR count). The van der Waals surface area contributed by atoms with Gasteiger partial charge in [-0.1, -0.05) is 24.3 Å². The molecule has 1 aliphatic rings. The Hall–Kier alpha value is -3.81. The molecule has 33 heavy (non-hydrogen) atoms. The average molecular weight is 479 g/mol. The lowest BCUT2D eigenvalue weighted by molar-refractivity contribution is -0.129. The van der Waals surface area contributed by atoms with Crippen LogP contribution in [0.3, 0.4) is 0 Å². The Morgan fingerprint density at radius 2 is 1.85 bits per heavy atom. The second-order valence-electron chi connectivity index (χ2n) is 7.48. The molecule has 0 spiro atoms. The Labute approximate surface area is 196 Å². The number of amides is 1. The van der Waals surface area contributed by atoms with Gasteiger partial charge in [0.25, 0.3) is 5.91 Å². The number of nitrogens with one attached hydrogen (secondary N) is 1. The molecular weight excluding hydrogens is 460 g/mol. The number of aromatic nitrogens is 1. The Morgan fingerprint density at radius 3 is 2.45 bits per heavy atom. The van der Waals surface area contributed by atoms with Crippen molar-refractivity contribution in [3.05, 3.63) is 83.6 Å². The number of pyridine rings is 1. The van der Waals surface area contributed by atoms with E-state index in [2.05, 4.69) is 16.4 Å². The number of thiocarbonyl (C=S) groups is 1. The van der Waals surface area contributed by atoms with Crippen molar-refractivity contribution in [2.45, 2.75) is 5.54 Å². The van der Waals surface area contributed by atoms with Gasteiger partial charge >= 0.3 is 10.1 Å². The number of rotatable bonds is 5. The topological polar surface area (TPSA) is 112 Å². The normalized spacial score (nSPS) is 18.0. The van der Waals surface area contributed by atoms with Crippen LogP contribution in [0.1, 0.15) is 16.7 Å². The van der Waals surface area contributed by atoms with Crippen LogP contribution in [0.4, 0.5) is 0 Å². The Kier molecular flexibility index (Phi) is 5.61. The average Bonchev–Trinajstić information content (AvgIpc) is 3.03. The van der Waals surface area contributed by atoms with E-state index in [0.717, 1.165) is 11.8 Å². The van der Waals surface area contributed by atoms with Crippen molar-refractivity contribution in [3.8, 4) is 23.1 Å². The molecule has 1 aliphatic heterocycles. The van der Waals surface area contributed by atoms with Crippen LogP contribution >= 0.6 is 12.2 Å². The fourth-order valence-electron chi connectivity index (χ4n) is 3.70. The fourth-order valence-corrected chi connectivity index (χ4v) is 4.40. The number of hydrogen-bond acceptors (Lipinski definition) is 7. The zero-order valence-corrected chi connectivity index (χ0v) is 19.3. The lowest BCUT2D eigenvalue weighted by Crippen LogP contribution is -2.45. The summed E-state index contributed by atoms with van der Waals surface area (Å²) in [6.45, 7) is 0. The summed E-state index contributed by atoms with van der Waals surface area (Å²) in [7, 11) is -2.11. The molecule has 1 saturated heterocycles. The summed E-state index contributed by atoms with van der Waals surface area (Å²) in [4.78, 5) is 19.3. The summed E-state index contributed by atoms with van der Waals surface area (Å²) in [5.41, 5.74) is 1.58. The van der Waals surface area contributed by atoms with Crippen LogP contribution in [-0.2, 0) is 20.5 Å². The molecule has 0 bridgehead atoms. The largest absolute Gasteiger partial charge is 0.383 e. The van der Waals surface area contributed by atoms with Gasteiger partial charge in [-0.3, -0.25) is 14.7 Å². The van der Waals surface area contributed by atoms with Gasteiger partial charge in [-0.05, 0) is 59.7 Å². The molecule has 1 N–H and O–H groups in total. The van der Waals surface area contributed by atoms with E-state index in [1.54, 1.807) is 55.7 Å². The fraction of sp³-hybridized carbons (Fsp3) is 0.130. The van der Waals surface area contributed by atoms with Crippen molar-refractivity contribution in [3.63, 3.8) is 0 Å². The van der Waals surface area contributed by atoms with E-state index >= 15 is 0 Å². The minimum Gasteiger partial charge on any atom is -0.383 e. The van der Waals surface area contributed by atoms with Crippen LogP contribution in [0.5, 0.6) is 5.75 Å². The summed E-state index contributed by atoms with van der Waals surface area (Å²) in [6, 6.07) is 18.8. The van der Waals surface area contributed by atoms with Crippen molar-refractivity contribution < 1.29 is 17.4 Å². The highest BCUT2D eigenvalue weighted by atomic mass is 32.2. The molecule has 1 aromatic heterocycles. The molecule has 0 radical (unpaired) electrons. The maximum Gasteiger partial charge on any atom is 0.306 e. The number of carbonyl (C=O) groups excluding carboxylic acids is 1. The van der Waals surface area contributed by atoms with Crippen LogP contribution < -0.4 is 9.50 Å². The van der Waals surface area contributed by atoms with Gasteiger partial charge in [-0.25, -0.2) is 0 Å². The molecule has 2 aromatic carbocycles. The van der Waals surface area contributed by atoms with E-state index in [9.17, 15) is 18.5 Å². The number of benzene rings is 2. The van der Waals surface area contributed by atoms with E-state index in [1.165, 1.54) is 17.0 Å². The minimum atomic E-state index is -3.69. The first kappa shape index (κ1) is 22.4. The van der Waals surface area contributed by atoms with Gasteiger partial charge in [-0.15, -0.1) is 0 Å². The van der Waals surface area contributed by atoms with Gasteiger partial charge in [0.2, 0.25) is 0 Å². The van der Waals surface area contributed by atoms with E-state index in [4.69, 9.17) is 16.4 Å². The number of nitriles is 1. The van der Waals surface area contributed by atoms with Gasteiger partial charge in [0, 0.05) is 18.8 Å². The Morgan fingerprint density at radius 1 is 1.12 bits per heavy atom. The monoisotopic (exact) mass is 478 g/mol. The van der Waals surface area contributed by atoms with Crippen molar-refractivity contribution >= 4 is 33.4 Å². The van der Waals surface area contributed by atoms with Gasteiger partial charge in [0.1, 0.15) is 5.75 Å². The number of hydrogen-bond donors (Lipinski definition) is 1. The molecule has 2 heterocycles. The highest BCUT2D eigenvalue weighted by Crippen LogP contribution is 2.37. The van der Waals surface area contributed by atoms with E-state index in [-0.39, 0.29) is 16.8 Å². The summed E-state index contributed by atoms with van der Waals surface area (Å²) < 4.78 is 27.8. The zero-order chi connectivity index (χ0) is 23.8. The first-order valence-corrected chi connectivity index (χ1v) is 11.9. The SMILES string of the molecule is CN1C(=O)C(c2ccc(OS(C)(=O)=O)cc2)(c2ccnc(-c3cccc(C#N)c3)c2)NC1=S. The molecule has 8 nitrogen and oxygen atoms in total. The molecular formula is C23H18N4O4S2. The minimum absolute atomic E-state index is 0.126. The summed E-state index contributed by atoms with van der Waals surface area (Å²) in [5, 5.41) is 12.6. The molecule has 1 unspecified atom stereocenters. The summed E-state index contributed by atoms with van der Waals surface area (Å²) >= 11 is 5.36. The lowest BCUT2D eigenvalue weighted by Gasteiger charge is -2.28. The number of likely N-dealkylation sites (N-methyl/N-ethyl adjacent to an activating group) is 1. The molecule has 166 valence electrons. The smallest absolute Gasteiger partial charge is 0.306 e. The van der Waals surface area contributed by atoms with Gasteiger partial charge in [-0.2, -0.15) is 13.7 Å². The van der Waals surface area contributed by atoms with Crippen molar-refractivity contribution in [1.82, 2.24) is 15.2 Å². The van der Waals surface area contributed by atoms with E-state index in [1.807, 2.05) is 6.07 Å². The standard InChI is InChI=1S/C23H18N4O4S2/c1-27-21(28)23(26-22(27)32,17-6-8-19(9-7-17)31-33(2,29)30)18-10-11-25-20(13-18)16-5-3-4-15(12-16)14-24/h3-13H,1-2H3,(H,26,32). The van der Waals surface area contributed by atoms with Crippen molar-refractivity contribution in [2.75, 3.05) is 13.3 Å². The van der Waals surface area contributed by atoms with Crippen molar-refractivity contribution in [2.24, 2.45) is 0 Å². The second kappa shape index (κ2) is 8.27. The molecule has 1 amide bonds. The maximum atomic E-state index is 13.5. The quantitative estimate of drug-likeness (QED) is 0.440. The van der Waals surface area contributed by atoms with E-state index < -0.39 is 15.7 Å². The molecule has 3 aromatic rings. The van der Waals surface area contributed by atoms with Crippen LogP contribution in [0.2, 0.25) is 0 Å². The third-order valence-corrected chi connectivity index (χ3v) is 6.11. The van der Waals surface area contributed by atoms with Gasteiger partial charge < -0.3 is 9.50 Å². The van der Waals surface area contributed by atoms with Crippen LogP contribution in [0, 0.1) is 11.3 Å². The van der Waals surface area contributed by atoms with Crippen LogP contribution in [0.15, 0.2) is 66.9 Å². The van der Waals surface area contributed by atoms with E-state index in [0.29, 0.717) is 22.4 Å². The second-order valence-corrected chi connectivity index (χ2v) is 9.44. The Bertz CT molecular complexity index is 1410. The number of carbonyl (C=O) groups is 1. The summed E-state index contributed by atoms with van der Waals surface area (Å²) in [5.74, 6) is -0.172. The predicted molar refractivity (Wildman–Crippen MR) is 126 cm³/mol. The highest BCUT2D eigenvalue weighted by Gasteiger charge is 2.51. The van der Waals surface area contributed by atoms with Gasteiger partial charge in [0.05, 0.1) is 23.6 Å². The molecule has 0 saturated carbocycles. The van der Waals surface area contributed by atoms with Crippen LogP contribution in [0.25, 0.3) is 11.3 Å². The molecule has 10 heteroatoms. The third-order valence-electron chi connectivity index (χ3n) is 5.24. The lowest BCUT2D eigenvalue weighted by atomic mass is 9.82. The Balaban J connectivity index is 1.85. The molecule has 0 aliphatic carbocycles. The first-order valence-electron chi connectivity index (χ1n) is 9.71. The number of nitrogens with zero attached hydrogens (tertiary/aromatic N) is 3. The zero-order valence-electron chi connectivity index (χ0n) is 17.6. The third kappa shape index (κ3) is 4.16. The van der Waals surface area contributed by atoms with Crippen LogP contribution in [-0.4, -0.2) is 42.6 Å². The van der Waals surface area contributed by atoms with Crippen molar-refractivity contribution in [1.29, 1.82) is 5.26 Å². The van der Waals surface area contributed by atoms with Gasteiger partial charge in [0.15, 0.2) is 10.7 Å². The molecule has 1 fully saturated rings. The summed E-state index contributed by atoms with van der Waals surface area (Å²) in [6.07, 6.45) is 2.54. The predicted octanol–water partition coefficient (Wildman–Crippen LogP) is 2.55.